The van der Waals surface area contributed by atoms with Crippen LogP contribution in [0.4, 0.5) is 11.8 Å². The van der Waals surface area contributed by atoms with Gasteiger partial charge in [-0.15, -0.1) is 0 Å². The average molecular weight is 425 g/mol. The largest absolute Gasteiger partial charge is 0.367 e. The molecule has 1 aromatic heterocycles. The van der Waals surface area contributed by atoms with Gasteiger partial charge in [0, 0.05) is 30.1 Å². The minimum absolute atomic E-state index is 0.147. The van der Waals surface area contributed by atoms with Gasteiger partial charge in [0.05, 0.1) is 11.4 Å². The molecule has 7 heteroatoms. The highest BCUT2D eigenvalue weighted by atomic mass is 16.2. The Labute approximate surface area is 185 Å². The lowest BCUT2D eigenvalue weighted by Gasteiger charge is -2.33. The van der Waals surface area contributed by atoms with Crippen LogP contribution in [0, 0.1) is 5.92 Å². The second-order valence-electron chi connectivity index (χ2n) is 9.51. The van der Waals surface area contributed by atoms with E-state index >= 15 is 0 Å². The molecule has 2 heterocycles. The molecule has 1 amide bonds. The summed E-state index contributed by atoms with van der Waals surface area (Å²) in [7, 11) is 2.11. The number of likely N-dealkylation sites (tertiary alicyclic amines) is 1. The molecule has 168 valence electrons. The van der Waals surface area contributed by atoms with Crippen molar-refractivity contribution in [2.24, 2.45) is 5.92 Å². The smallest absolute Gasteiger partial charge is 0.225 e. The van der Waals surface area contributed by atoms with Crippen LogP contribution in [-0.4, -0.2) is 59.0 Å². The third-order valence-electron chi connectivity index (χ3n) is 6.43. The fourth-order valence-electron chi connectivity index (χ4n) is 4.78. The number of benzene rings is 1. The number of rotatable bonds is 6. The zero-order valence-electron chi connectivity index (χ0n) is 19.0. The Morgan fingerprint density at radius 3 is 2.55 bits per heavy atom. The quantitative estimate of drug-likeness (QED) is 0.657. The highest BCUT2D eigenvalue weighted by Crippen LogP contribution is 2.27. The third kappa shape index (κ3) is 5.64. The van der Waals surface area contributed by atoms with Crippen molar-refractivity contribution in [3.63, 3.8) is 0 Å². The Kier molecular flexibility index (Phi) is 6.90. The van der Waals surface area contributed by atoms with E-state index in [-0.39, 0.29) is 23.9 Å². The van der Waals surface area contributed by atoms with E-state index in [0.29, 0.717) is 12.0 Å². The molecule has 0 radical (unpaired) electrons. The first-order valence-electron chi connectivity index (χ1n) is 11.8. The summed E-state index contributed by atoms with van der Waals surface area (Å²) in [5.41, 5.74) is 0.946. The van der Waals surface area contributed by atoms with Crippen LogP contribution in [0.25, 0.3) is 10.9 Å². The molecule has 1 aliphatic heterocycles. The van der Waals surface area contributed by atoms with Crippen molar-refractivity contribution in [2.45, 2.75) is 70.5 Å². The Morgan fingerprint density at radius 1 is 1.06 bits per heavy atom. The molecule has 2 aromatic rings. The van der Waals surface area contributed by atoms with Crippen molar-refractivity contribution in [3.05, 3.63) is 24.3 Å². The normalized spacial score (nSPS) is 24.8. The molecule has 2 fully saturated rings. The molecule has 0 spiro atoms. The van der Waals surface area contributed by atoms with Gasteiger partial charge in [0.1, 0.15) is 5.82 Å². The van der Waals surface area contributed by atoms with Crippen LogP contribution in [0.15, 0.2) is 24.3 Å². The number of nitrogens with one attached hydrogen (secondary N) is 3. The number of aromatic nitrogens is 2. The first-order valence-corrected chi connectivity index (χ1v) is 11.8. The Hall–Kier alpha value is -2.41. The van der Waals surface area contributed by atoms with Crippen molar-refractivity contribution in [1.29, 1.82) is 0 Å². The summed E-state index contributed by atoms with van der Waals surface area (Å²) in [6.45, 7) is 6.17. The fourth-order valence-corrected chi connectivity index (χ4v) is 4.78. The molecule has 2 aliphatic rings. The van der Waals surface area contributed by atoms with Gasteiger partial charge < -0.3 is 20.9 Å². The van der Waals surface area contributed by atoms with Gasteiger partial charge >= 0.3 is 0 Å². The number of carbonyl (C=O) groups excluding carboxylic acids is 1. The van der Waals surface area contributed by atoms with Crippen LogP contribution < -0.4 is 16.0 Å². The van der Waals surface area contributed by atoms with Crippen LogP contribution in [0.3, 0.4) is 0 Å². The topological polar surface area (TPSA) is 82.2 Å². The van der Waals surface area contributed by atoms with Gasteiger partial charge in [0.2, 0.25) is 11.9 Å². The van der Waals surface area contributed by atoms with Crippen molar-refractivity contribution < 1.29 is 4.79 Å². The Bertz CT molecular complexity index is 893. The summed E-state index contributed by atoms with van der Waals surface area (Å²) >= 11 is 0. The molecule has 1 aromatic carbocycles. The van der Waals surface area contributed by atoms with E-state index < -0.39 is 0 Å². The molecule has 0 bridgehead atoms. The van der Waals surface area contributed by atoms with Crippen molar-refractivity contribution in [1.82, 2.24) is 20.2 Å². The molecule has 31 heavy (non-hydrogen) atoms. The maximum atomic E-state index is 12.7. The summed E-state index contributed by atoms with van der Waals surface area (Å²) in [6, 6.07) is 9.07. The summed E-state index contributed by atoms with van der Waals surface area (Å²) < 4.78 is 0. The van der Waals surface area contributed by atoms with Crippen LogP contribution >= 0.6 is 0 Å². The molecule has 1 unspecified atom stereocenters. The van der Waals surface area contributed by atoms with Crippen LogP contribution in [0.5, 0.6) is 0 Å². The highest BCUT2D eigenvalue weighted by molar-refractivity contribution is 5.90. The van der Waals surface area contributed by atoms with Gasteiger partial charge in [-0.05, 0) is 78.1 Å². The first kappa shape index (κ1) is 21.8. The van der Waals surface area contributed by atoms with Crippen molar-refractivity contribution >= 4 is 28.6 Å². The lowest BCUT2D eigenvalue weighted by Crippen LogP contribution is -2.46. The Morgan fingerprint density at radius 2 is 1.81 bits per heavy atom. The molecule has 1 atom stereocenters. The lowest BCUT2D eigenvalue weighted by atomic mass is 9.90. The first-order chi connectivity index (χ1) is 15.0. The van der Waals surface area contributed by atoms with Gasteiger partial charge in [0.15, 0.2) is 0 Å². The van der Waals surface area contributed by atoms with Gasteiger partial charge in [-0.2, -0.15) is 4.98 Å². The third-order valence-corrected chi connectivity index (χ3v) is 6.43. The number of hydrogen-bond acceptors (Lipinski definition) is 6. The maximum absolute atomic E-state index is 12.7. The Balaban J connectivity index is 1.35. The number of hydrogen-bond donors (Lipinski definition) is 3. The van der Waals surface area contributed by atoms with Gasteiger partial charge in [-0.1, -0.05) is 12.1 Å². The number of fused-ring (bicyclic) bond motifs is 1. The van der Waals surface area contributed by atoms with Crippen LogP contribution in [0.1, 0.15) is 52.4 Å². The zero-order valence-corrected chi connectivity index (χ0v) is 19.0. The average Bonchev–Trinajstić information content (AvgIpc) is 2.74. The van der Waals surface area contributed by atoms with Crippen molar-refractivity contribution in [3.8, 4) is 0 Å². The van der Waals surface area contributed by atoms with Gasteiger partial charge in [-0.3, -0.25) is 4.79 Å². The number of nitrogens with zero attached hydrogens (tertiary/aromatic N) is 3. The van der Waals surface area contributed by atoms with Crippen LogP contribution in [-0.2, 0) is 4.79 Å². The number of amides is 1. The van der Waals surface area contributed by atoms with E-state index in [0.717, 1.165) is 68.3 Å². The molecule has 1 saturated carbocycles. The van der Waals surface area contributed by atoms with E-state index in [1.165, 1.54) is 0 Å². The summed E-state index contributed by atoms with van der Waals surface area (Å²) in [5, 5.41) is 11.4. The molecule has 3 N–H and O–H groups in total. The molecular formula is C24H36N6O. The van der Waals surface area contributed by atoms with Crippen molar-refractivity contribution in [2.75, 3.05) is 30.8 Å². The lowest BCUT2D eigenvalue weighted by molar-refractivity contribution is -0.127. The predicted molar refractivity (Wildman–Crippen MR) is 126 cm³/mol. The molecular weight excluding hydrogens is 388 g/mol. The number of para-hydroxylation sites is 1. The standard InChI is InChI=1S/C24H36N6O/c1-16(2)25-24-28-21-9-5-4-8-20(21)22(29-24)26-18-10-12-19(13-11-18)27-23(31)17-7-6-14-30(3)15-17/h4-5,8-9,16-19H,6-7,10-15H2,1-3H3,(H,27,31)(H2,25,26,28,29). The predicted octanol–water partition coefficient (Wildman–Crippen LogP) is 3.63. The highest BCUT2D eigenvalue weighted by Gasteiger charge is 2.28. The fraction of sp³-hybridized carbons (Fsp3) is 0.625. The van der Waals surface area contributed by atoms with E-state index in [9.17, 15) is 4.79 Å². The van der Waals surface area contributed by atoms with E-state index in [2.05, 4.69) is 52.8 Å². The molecule has 1 saturated heterocycles. The second kappa shape index (κ2) is 9.81. The van der Waals surface area contributed by atoms with E-state index in [1.807, 2.05) is 18.2 Å². The van der Waals surface area contributed by atoms with E-state index in [1.54, 1.807) is 0 Å². The summed E-state index contributed by atoms with van der Waals surface area (Å²) in [6.07, 6.45) is 6.20. The maximum Gasteiger partial charge on any atom is 0.225 e. The summed E-state index contributed by atoms with van der Waals surface area (Å²) in [4.78, 5) is 24.4. The number of piperidine rings is 1. The molecule has 4 rings (SSSR count). The second-order valence-corrected chi connectivity index (χ2v) is 9.51. The van der Waals surface area contributed by atoms with E-state index in [4.69, 9.17) is 4.98 Å². The SMILES string of the molecule is CC(C)Nc1nc(NC2CCC(NC(=O)C3CCCN(C)C3)CC2)c2ccccc2n1. The molecule has 7 nitrogen and oxygen atoms in total. The number of anilines is 2. The number of carbonyl (C=O) groups is 1. The minimum Gasteiger partial charge on any atom is -0.367 e. The minimum atomic E-state index is 0.147. The van der Waals surface area contributed by atoms with Crippen LogP contribution in [0.2, 0.25) is 0 Å². The summed E-state index contributed by atoms with van der Waals surface area (Å²) in [5.74, 6) is 1.95. The molecule has 1 aliphatic carbocycles. The monoisotopic (exact) mass is 424 g/mol. The zero-order chi connectivity index (χ0) is 21.8. The van der Waals surface area contributed by atoms with Gasteiger partial charge in [-0.25, -0.2) is 4.98 Å². The van der Waals surface area contributed by atoms with Gasteiger partial charge in [0.25, 0.3) is 0 Å².